The van der Waals surface area contributed by atoms with Gasteiger partial charge in [-0.1, -0.05) is 6.42 Å². The highest BCUT2D eigenvalue weighted by Crippen LogP contribution is 2.38. The molecule has 1 aromatic rings. The van der Waals surface area contributed by atoms with Gasteiger partial charge in [0.1, 0.15) is 0 Å². The van der Waals surface area contributed by atoms with Gasteiger partial charge < -0.3 is 0 Å². The minimum absolute atomic E-state index is 0.164. The monoisotopic (exact) mass is 205 g/mol. The van der Waals surface area contributed by atoms with Crippen LogP contribution in [0.25, 0.3) is 0 Å². The molecule has 0 amide bonds. The maximum absolute atomic E-state index is 9.15. The zero-order valence-corrected chi connectivity index (χ0v) is 9.58. The standard InChI is InChI=1S/C12H15NS/c1-8-11-6-4-3-5-10(7-13)12(11)9(2)14-8/h10H,3-6H2,1-2H3. The summed E-state index contributed by atoms with van der Waals surface area (Å²) in [6.45, 7) is 4.35. The molecule has 0 bridgehead atoms. The zero-order valence-electron chi connectivity index (χ0n) is 8.76. The number of nitrogens with zero attached hydrogens (tertiary/aromatic N) is 1. The molecular formula is C12H15NS. The summed E-state index contributed by atoms with van der Waals surface area (Å²) in [5.41, 5.74) is 2.85. The van der Waals surface area contributed by atoms with E-state index in [1.165, 1.54) is 40.1 Å². The Morgan fingerprint density at radius 1 is 1.29 bits per heavy atom. The molecule has 0 saturated carbocycles. The number of hydrogen-bond donors (Lipinski definition) is 0. The van der Waals surface area contributed by atoms with Crippen molar-refractivity contribution in [1.29, 1.82) is 5.26 Å². The predicted molar refractivity (Wildman–Crippen MR) is 59.7 cm³/mol. The molecule has 0 spiro atoms. The predicted octanol–water partition coefficient (Wildman–Crippen LogP) is 3.70. The van der Waals surface area contributed by atoms with Crippen LogP contribution in [0.5, 0.6) is 0 Å². The first-order valence-corrected chi connectivity index (χ1v) is 6.04. The Hall–Kier alpha value is -0.810. The molecule has 0 saturated heterocycles. The highest BCUT2D eigenvalue weighted by molar-refractivity contribution is 7.12. The first-order chi connectivity index (χ1) is 6.74. The van der Waals surface area contributed by atoms with Crippen LogP contribution in [-0.2, 0) is 6.42 Å². The molecule has 2 heteroatoms. The summed E-state index contributed by atoms with van der Waals surface area (Å²) < 4.78 is 0. The zero-order chi connectivity index (χ0) is 10.1. The minimum atomic E-state index is 0.164. The molecule has 1 atom stereocenters. The van der Waals surface area contributed by atoms with Crippen LogP contribution in [0.15, 0.2) is 0 Å². The van der Waals surface area contributed by atoms with Crippen molar-refractivity contribution in [2.45, 2.75) is 45.4 Å². The van der Waals surface area contributed by atoms with E-state index in [1.807, 2.05) is 11.3 Å². The van der Waals surface area contributed by atoms with Crippen LogP contribution in [0.2, 0.25) is 0 Å². The molecule has 0 N–H and O–H groups in total. The molecule has 1 aromatic heterocycles. The molecule has 1 heterocycles. The second kappa shape index (κ2) is 3.74. The Kier molecular flexibility index (Phi) is 2.60. The Balaban J connectivity index is 2.53. The molecule has 1 aliphatic carbocycles. The van der Waals surface area contributed by atoms with Crippen LogP contribution >= 0.6 is 11.3 Å². The molecule has 0 aromatic carbocycles. The van der Waals surface area contributed by atoms with Crippen molar-refractivity contribution >= 4 is 11.3 Å². The smallest absolute Gasteiger partial charge is 0.0726 e. The number of thiophene rings is 1. The van der Waals surface area contributed by atoms with Gasteiger partial charge in [-0.15, -0.1) is 11.3 Å². The molecule has 0 aliphatic heterocycles. The summed E-state index contributed by atoms with van der Waals surface area (Å²) in [5.74, 6) is 0.164. The number of nitriles is 1. The fourth-order valence-electron chi connectivity index (χ4n) is 2.44. The largest absolute Gasteiger partial charge is 0.198 e. The van der Waals surface area contributed by atoms with E-state index in [0.717, 1.165) is 6.42 Å². The molecule has 0 radical (unpaired) electrons. The molecular weight excluding hydrogens is 190 g/mol. The van der Waals surface area contributed by atoms with Crippen LogP contribution in [0, 0.1) is 25.2 Å². The third kappa shape index (κ3) is 1.46. The van der Waals surface area contributed by atoms with Crippen LogP contribution in [-0.4, -0.2) is 0 Å². The average Bonchev–Trinajstić information content (AvgIpc) is 2.40. The number of aryl methyl sites for hydroxylation is 2. The lowest BCUT2D eigenvalue weighted by molar-refractivity contribution is 0.675. The van der Waals surface area contributed by atoms with E-state index < -0.39 is 0 Å². The van der Waals surface area contributed by atoms with Crippen LogP contribution in [0.3, 0.4) is 0 Å². The summed E-state index contributed by atoms with van der Waals surface area (Å²) in [4.78, 5) is 2.80. The first-order valence-electron chi connectivity index (χ1n) is 5.22. The SMILES string of the molecule is Cc1sc(C)c2c1CCCCC2C#N. The van der Waals surface area contributed by atoms with Crippen LogP contribution in [0.4, 0.5) is 0 Å². The highest BCUT2D eigenvalue weighted by Gasteiger charge is 2.23. The second-order valence-corrected chi connectivity index (χ2v) is 5.46. The minimum Gasteiger partial charge on any atom is -0.198 e. The van der Waals surface area contributed by atoms with Crippen molar-refractivity contribution in [1.82, 2.24) is 0 Å². The molecule has 1 aliphatic rings. The molecule has 14 heavy (non-hydrogen) atoms. The number of rotatable bonds is 0. The summed E-state index contributed by atoms with van der Waals surface area (Å²) in [6.07, 6.45) is 4.70. The fraction of sp³-hybridized carbons (Fsp3) is 0.583. The highest BCUT2D eigenvalue weighted by atomic mass is 32.1. The van der Waals surface area contributed by atoms with Crippen molar-refractivity contribution in [2.24, 2.45) is 0 Å². The Bertz CT molecular complexity index is 384. The van der Waals surface area contributed by atoms with Crippen LogP contribution < -0.4 is 0 Å². The van der Waals surface area contributed by atoms with E-state index in [-0.39, 0.29) is 5.92 Å². The Morgan fingerprint density at radius 3 is 2.79 bits per heavy atom. The Morgan fingerprint density at radius 2 is 2.07 bits per heavy atom. The quantitative estimate of drug-likeness (QED) is 0.592. The van der Waals surface area contributed by atoms with Crippen molar-refractivity contribution in [3.8, 4) is 6.07 Å². The molecule has 2 rings (SSSR count). The van der Waals surface area contributed by atoms with E-state index in [1.54, 1.807) is 0 Å². The summed E-state index contributed by atoms with van der Waals surface area (Å²) in [7, 11) is 0. The number of fused-ring (bicyclic) bond motifs is 1. The van der Waals surface area contributed by atoms with Crippen molar-refractivity contribution in [3.05, 3.63) is 20.9 Å². The Labute approximate surface area is 89.4 Å². The second-order valence-electron chi connectivity index (χ2n) is 4.03. The van der Waals surface area contributed by atoms with Gasteiger partial charge in [0, 0.05) is 9.75 Å². The van der Waals surface area contributed by atoms with E-state index in [0.29, 0.717) is 0 Å². The summed E-state index contributed by atoms with van der Waals surface area (Å²) in [5, 5.41) is 9.15. The summed E-state index contributed by atoms with van der Waals surface area (Å²) >= 11 is 1.86. The normalized spacial score (nSPS) is 21.1. The van der Waals surface area contributed by atoms with Gasteiger partial charge in [0.25, 0.3) is 0 Å². The van der Waals surface area contributed by atoms with Crippen molar-refractivity contribution in [2.75, 3.05) is 0 Å². The average molecular weight is 205 g/mol. The maximum Gasteiger partial charge on any atom is 0.0726 e. The van der Waals surface area contributed by atoms with Gasteiger partial charge in [-0.2, -0.15) is 5.26 Å². The molecule has 74 valence electrons. The topological polar surface area (TPSA) is 23.8 Å². The lowest BCUT2D eigenvalue weighted by Crippen LogP contribution is -1.96. The third-order valence-electron chi connectivity index (χ3n) is 3.11. The van der Waals surface area contributed by atoms with E-state index in [2.05, 4.69) is 19.9 Å². The van der Waals surface area contributed by atoms with Crippen molar-refractivity contribution in [3.63, 3.8) is 0 Å². The number of hydrogen-bond acceptors (Lipinski definition) is 2. The van der Waals surface area contributed by atoms with E-state index in [4.69, 9.17) is 5.26 Å². The van der Waals surface area contributed by atoms with Crippen LogP contribution in [0.1, 0.15) is 46.1 Å². The van der Waals surface area contributed by atoms with Crippen molar-refractivity contribution < 1.29 is 0 Å². The lowest BCUT2D eigenvalue weighted by atomic mass is 9.94. The van der Waals surface area contributed by atoms with Gasteiger partial charge in [0.2, 0.25) is 0 Å². The molecule has 1 unspecified atom stereocenters. The van der Waals surface area contributed by atoms with Gasteiger partial charge in [-0.3, -0.25) is 0 Å². The third-order valence-corrected chi connectivity index (χ3v) is 4.19. The lowest BCUT2D eigenvalue weighted by Gasteiger charge is -2.06. The fourth-order valence-corrected chi connectivity index (χ4v) is 3.61. The van der Waals surface area contributed by atoms with Gasteiger partial charge >= 0.3 is 0 Å². The van der Waals surface area contributed by atoms with E-state index in [9.17, 15) is 0 Å². The first kappa shape index (κ1) is 9.73. The van der Waals surface area contributed by atoms with Gasteiger partial charge in [-0.05, 0) is 44.2 Å². The summed E-state index contributed by atoms with van der Waals surface area (Å²) in [6, 6.07) is 2.46. The van der Waals surface area contributed by atoms with Gasteiger partial charge in [0.15, 0.2) is 0 Å². The van der Waals surface area contributed by atoms with Gasteiger partial charge in [0.05, 0.1) is 12.0 Å². The van der Waals surface area contributed by atoms with Gasteiger partial charge in [-0.25, -0.2) is 0 Å². The molecule has 1 nitrogen and oxygen atoms in total. The maximum atomic E-state index is 9.15. The molecule has 0 fully saturated rings. The van der Waals surface area contributed by atoms with E-state index >= 15 is 0 Å².